The number of hydrogen-bond donors (Lipinski definition) is 0. The van der Waals surface area contributed by atoms with Gasteiger partial charge in [-0.2, -0.15) is 18.2 Å². The number of furan rings is 1. The maximum absolute atomic E-state index is 10.5. The normalized spacial score (nSPS) is 20.3. The first-order valence-corrected chi connectivity index (χ1v) is 28.6. The second-order valence-corrected chi connectivity index (χ2v) is 24.5. The van der Waals surface area contributed by atoms with Crippen molar-refractivity contribution in [2.75, 3.05) is 0 Å². The number of para-hydroxylation sites is 2. The molecule has 6 nitrogen and oxygen atoms in total. The van der Waals surface area contributed by atoms with Gasteiger partial charge in [0.05, 0.1) is 31.8 Å². The van der Waals surface area contributed by atoms with Crippen molar-refractivity contribution in [2.45, 2.75) is 103 Å². The number of rotatable bonds is 6. The minimum Gasteiger partial charge on any atom is -0.510 e. The van der Waals surface area contributed by atoms with Crippen LogP contribution in [0.2, 0.25) is 0 Å². The quantitative estimate of drug-likeness (QED) is 0.123. The fourth-order valence-electron chi connectivity index (χ4n) is 12.3. The van der Waals surface area contributed by atoms with Gasteiger partial charge in [0.2, 0.25) is 0 Å². The number of hydrogen-bond acceptors (Lipinski definition) is 3. The molecule has 0 bridgehead atoms. The summed E-state index contributed by atoms with van der Waals surface area (Å²) < 4.78 is 275. The summed E-state index contributed by atoms with van der Waals surface area (Å²) in [6.07, 6.45) is -4.14. The molecule has 1 aliphatic heterocycles. The topological polar surface area (TPSA) is 49.0 Å². The van der Waals surface area contributed by atoms with Crippen LogP contribution in [0, 0.1) is 18.5 Å². The van der Waals surface area contributed by atoms with Gasteiger partial charge in [-0.1, -0.05) is 202 Å². The number of nitrogens with zero attached hydrogens (tertiary/aromatic N) is 4. The number of aromatic nitrogens is 4. The van der Waals surface area contributed by atoms with Crippen molar-refractivity contribution >= 4 is 54.8 Å². The molecule has 7 heteroatoms. The number of imidazole rings is 1. The van der Waals surface area contributed by atoms with Crippen LogP contribution in [0.4, 0.5) is 0 Å². The molecule has 0 amide bonds. The van der Waals surface area contributed by atoms with E-state index in [4.69, 9.17) is 22.4 Å². The van der Waals surface area contributed by atoms with E-state index in [1.807, 2.05) is 98.1 Å². The third kappa shape index (κ3) is 9.23. The Labute approximate surface area is 573 Å². The Morgan fingerprint density at radius 2 is 1.24 bits per heavy atom. The van der Waals surface area contributed by atoms with Crippen molar-refractivity contribution in [2.24, 2.45) is 0 Å². The Morgan fingerprint density at radius 3 is 1.99 bits per heavy atom. The molecule has 14 aromatic rings. The smallest absolute Gasteiger partial charge is 0.268 e. The predicted octanol–water partition coefficient (Wildman–Crippen LogP) is 21.1. The van der Waals surface area contributed by atoms with Crippen LogP contribution in [0.15, 0.2) is 211 Å². The molecule has 2 aliphatic rings. The summed E-state index contributed by atoms with van der Waals surface area (Å²) in [4.78, 5) is 4.83. The van der Waals surface area contributed by atoms with Gasteiger partial charge in [0.1, 0.15) is 17.0 Å². The van der Waals surface area contributed by atoms with Crippen LogP contribution in [-0.4, -0.2) is 14.1 Å². The summed E-state index contributed by atoms with van der Waals surface area (Å²) >= 11 is 0. The molecule has 89 heavy (non-hydrogen) atoms. The summed E-state index contributed by atoms with van der Waals surface area (Å²) in [5.41, 5.74) is -12.8. The second kappa shape index (κ2) is 20.5. The van der Waals surface area contributed by atoms with E-state index in [0.29, 0.717) is 50.0 Å². The van der Waals surface area contributed by atoms with Gasteiger partial charge in [0, 0.05) is 77.0 Å². The average Bonchev–Trinajstić information content (AvgIpc) is 0.869. The van der Waals surface area contributed by atoms with Crippen LogP contribution >= 0.6 is 0 Å². The molecule has 440 valence electrons. The molecule has 0 saturated carbocycles. The fraction of sp³-hybridized carbons (Fsp3) is 0.195. The molecular formula is C82H68N4O2Pt-2. The van der Waals surface area contributed by atoms with Gasteiger partial charge < -0.3 is 18.3 Å². The fourth-order valence-corrected chi connectivity index (χ4v) is 12.3. The Morgan fingerprint density at radius 1 is 0.562 bits per heavy atom. The first-order valence-electron chi connectivity index (χ1n) is 42.1. The van der Waals surface area contributed by atoms with Crippen molar-refractivity contribution < 1.29 is 71.8 Å². The van der Waals surface area contributed by atoms with Crippen molar-refractivity contribution in [3.05, 3.63) is 247 Å². The van der Waals surface area contributed by atoms with E-state index in [0.717, 1.165) is 27.9 Å². The molecule has 0 fully saturated rings. The average molecular weight is 1360 g/mol. The van der Waals surface area contributed by atoms with Crippen LogP contribution in [0.5, 0.6) is 11.5 Å². The summed E-state index contributed by atoms with van der Waals surface area (Å²) in [5.74, 6) is 0.796. The maximum Gasteiger partial charge on any atom is 0.268 e. The van der Waals surface area contributed by atoms with E-state index in [1.54, 1.807) is 54.7 Å². The van der Waals surface area contributed by atoms with Gasteiger partial charge in [-0.05, 0) is 166 Å². The summed E-state index contributed by atoms with van der Waals surface area (Å²) in [6, 6.07) is 34.3. The van der Waals surface area contributed by atoms with Gasteiger partial charge in [-0.15, -0.1) is 29.7 Å². The minimum atomic E-state index is -4.71. The maximum atomic E-state index is 10.5. The van der Waals surface area contributed by atoms with Gasteiger partial charge in [0.15, 0.2) is 0 Å². The zero-order valence-electron chi connectivity index (χ0n) is 75.7. The molecule has 1 aliphatic carbocycles. The van der Waals surface area contributed by atoms with Gasteiger partial charge in [-0.25, -0.2) is 4.98 Å². The first-order chi connectivity index (χ1) is 53.5. The zero-order chi connectivity index (χ0) is 83.3. The second-order valence-electron chi connectivity index (χ2n) is 24.5. The standard InChI is InChI=1S/C82H68N4O2.Pt/c1-79(2,3)53-36-39-83-76(46-53)86-71-28-17-15-26-62(71)63-33-32-57(48-72(63)86)87-56-21-19-20-55(47-56)84-49-85-77-65(51-31-35-75-66(40-51)64-27-16-18-29-74(64)88-75)44-54(80(4,5)6)45-68(77)61-25-14-12-23-59(61)58-22-11-13-24-60(58)67-41-52(43-73(84)78(67)85)50-30-34-69-70(42-50)82(9,10)38-37-81(69,7)8;/h11-36,39-46H,37-38H2,1-10H3;/q-2;/i7D3,8D3,9D3,10D3,11D,12D,13D,14D,22D,23D,24D,25D,30D,34D,37D2,38D2,42D;. The minimum absolute atomic E-state index is 0. The van der Waals surface area contributed by atoms with Gasteiger partial charge >= 0.3 is 0 Å². The van der Waals surface area contributed by atoms with Crippen molar-refractivity contribution in [3.63, 3.8) is 0 Å². The molecule has 4 aromatic heterocycles. The largest absolute Gasteiger partial charge is 0.510 e. The molecule has 0 atom stereocenters. The van der Waals surface area contributed by atoms with Crippen LogP contribution < -0.4 is 9.30 Å². The molecule has 0 spiro atoms. The molecular weight excluding hydrogens is 1270 g/mol. The van der Waals surface area contributed by atoms with E-state index in [9.17, 15) is 28.8 Å². The number of ether oxygens (including phenoxy) is 1. The van der Waals surface area contributed by atoms with E-state index in [2.05, 4.69) is 39.2 Å². The Hall–Kier alpha value is -9.09. The van der Waals surface area contributed by atoms with Gasteiger partial charge in [-0.3, -0.25) is 4.57 Å². The molecule has 0 unspecified atom stereocenters. The molecule has 16 rings (SSSR count). The first kappa shape index (κ1) is 34.0. The monoisotopic (exact) mass is 1360 g/mol. The number of fused-ring (bicyclic) bond motifs is 14. The molecule has 0 N–H and O–H groups in total. The van der Waals surface area contributed by atoms with Crippen LogP contribution in [0.1, 0.15) is 141 Å². The SMILES string of the molecule is [2H]c1c([2H])c([2H])c2c(c1[2H])-c1cc(C(C)(C)C)cc(-c3ccc4oc5ccccc5c4c3)c1-[n+]1[c-]n(-c3[c-]c(Oc4[c-]c5c(cc4)c4ccccc4n5-c4cc(C(C)(C)C)ccn4)ccc3)c3cc(-c4c([2H])c([2H])c5c(c4[2H])C(C([2H])([2H])[2H])(C([2H])([2H])[2H])C([2H])([2H])C([2H])([2H])C5(C([2H])([2H])[2H])C([2H])([2H])[2H])cc(c31)-c1c([2H])c([2H])c([2H])c([2H])c1-2.[Pt]. The third-order valence-electron chi connectivity index (χ3n) is 16.7. The summed E-state index contributed by atoms with van der Waals surface area (Å²) in [6.45, 7) is -5.63. The number of pyridine rings is 1. The Kier molecular flexibility index (Phi) is 7.83. The van der Waals surface area contributed by atoms with Crippen molar-refractivity contribution in [1.29, 1.82) is 0 Å². The van der Waals surface area contributed by atoms with Crippen LogP contribution in [-0.2, 0) is 42.7 Å². The van der Waals surface area contributed by atoms with E-state index < -0.39 is 162 Å². The van der Waals surface area contributed by atoms with E-state index in [1.165, 1.54) is 15.2 Å². The Balaban J connectivity index is 0.0000106. The zero-order valence-corrected chi connectivity index (χ0v) is 51.0. The van der Waals surface area contributed by atoms with E-state index in [-0.39, 0.29) is 77.1 Å². The van der Waals surface area contributed by atoms with E-state index >= 15 is 0 Å². The Bertz CT molecular complexity index is 6560. The summed E-state index contributed by atoms with van der Waals surface area (Å²) in [7, 11) is 0. The molecule has 0 saturated heterocycles. The van der Waals surface area contributed by atoms with Crippen LogP contribution in [0.25, 0.3) is 128 Å². The molecule has 5 heterocycles. The van der Waals surface area contributed by atoms with Crippen LogP contribution in [0.3, 0.4) is 0 Å². The molecule has 0 radical (unpaired) electrons. The predicted molar refractivity (Wildman–Crippen MR) is 361 cm³/mol. The summed E-state index contributed by atoms with van der Waals surface area (Å²) in [5, 5.41) is 3.04. The third-order valence-corrected chi connectivity index (χ3v) is 16.7. The van der Waals surface area contributed by atoms with Crippen molar-refractivity contribution in [1.82, 2.24) is 14.1 Å². The number of benzene rings is 10. The molecule has 10 aromatic carbocycles. The van der Waals surface area contributed by atoms with Crippen molar-refractivity contribution in [3.8, 4) is 84.3 Å². The van der Waals surface area contributed by atoms with Gasteiger partial charge in [0.25, 0.3) is 6.33 Å².